The van der Waals surface area contributed by atoms with E-state index in [1.165, 1.54) is 5.57 Å². The molecule has 48 valence electrons. The van der Waals surface area contributed by atoms with Crippen LogP contribution in [0.4, 0.5) is 0 Å². The van der Waals surface area contributed by atoms with Crippen LogP contribution in [0.2, 0.25) is 0 Å². The molecule has 1 N–H and O–H groups in total. The summed E-state index contributed by atoms with van der Waals surface area (Å²) in [5.41, 5.74) is 1.34. The Morgan fingerprint density at radius 1 is 1.38 bits per heavy atom. The fourth-order valence-electron chi connectivity index (χ4n) is 0.668. The Balaban J connectivity index is 3.49. The lowest BCUT2D eigenvalue weighted by molar-refractivity contribution is 0.341. The number of aliphatic hydroxyl groups is 1. The first-order valence-corrected chi connectivity index (χ1v) is 3.13. The van der Waals surface area contributed by atoms with Gasteiger partial charge in [0, 0.05) is 0 Å². The van der Waals surface area contributed by atoms with Crippen LogP contribution in [0.3, 0.4) is 0 Å². The van der Waals surface area contributed by atoms with E-state index < -0.39 is 0 Å². The minimum absolute atomic E-state index is 0.191. The van der Waals surface area contributed by atoms with Gasteiger partial charge >= 0.3 is 0 Å². The van der Waals surface area contributed by atoms with Gasteiger partial charge in [-0.2, -0.15) is 0 Å². The number of allylic oxidation sites excluding steroid dienone is 1. The Hall–Kier alpha value is -0.300. The van der Waals surface area contributed by atoms with Crippen molar-refractivity contribution in [3.8, 4) is 0 Å². The molecule has 0 spiro atoms. The van der Waals surface area contributed by atoms with Crippen molar-refractivity contribution in [3.63, 3.8) is 0 Å². The lowest BCUT2D eigenvalue weighted by atomic mass is 10.1. The first-order valence-electron chi connectivity index (χ1n) is 3.13. The normalized spacial score (nSPS) is 8.88. The highest BCUT2D eigenvalue weighted by Gasteiger charge is 1.85. The first-order chi connectivity index (χ1) is 3.85. The van der Waals surface area contributed by atoms with E-state index >= 15 is 0 Å². The van der Waals surface area contributed by atoms with Crippen LogP contribution in [0.25, 0.3) is 0 Å². The third-order valence-electron chi connectivity index (χ3n) is 1.29. The lowest BCUT2D eigenvalue weighted by Gasteiger charge is -1.95. The zero-order valence-electron chi connectivity index (χ0n) is 5.65. The molecule has 0 aliphatic carbocycles. The molecule has 1 heteroatoms. The zero-order chi connectivity index (χ0) is 6.41. The maximum atomic E-state index is 8.42. The smallest absolute Gasteiger partial charge is 0.0615 e. The van der Waals surface area contributed by atoms with Gasteiger partial charge in [0.15, 0.2) is 0 Å². The number of hydrogen-bond donors (Lipinski definition) is 1. The highest BCUT2D eigenvalue weighted by molar-refractivity contribution is 4.99. The van der Waals surface area contributed by atoms with Gasteiger partial charge < -0.3 is 5.11 Å². The number of rotatable bonds is 3. The number of hydrogen-bond acceptors (Lipinski definition) is 1. The summed E-state index contributed by atoms with van der Waals surface area (Å²) in [6.07, 6.45) is 4.01. The summed E-state index contributed by atoms with van der Waals surface area (Å²) in [6, 6.07) is 0. The van der Waals surface area contributed by atoms with E-state index in [2.05, 4.69) is 13.8 Å². The van der Waals surface area contributed by atoms with E-state index in [1.54, 1.807) is 0 Å². The average molecular weight is 114 g/mol. The second kappa shape index (κ2) is 4.85. The monoisotopic (exact) mass is 114 g/mol. The Labute approximate surface area is 51.0 Å². The quantitative estimate of drug-likeness (QED) is 0.554. The molecule has 8 heavy (non-hydrogen) atoms. The molecular weight excluding hydrogens is 100 g/mol. The van der Waals surface area contributed by atoms with E-state index in [0.717, 1.165) is 12.8 Å². The Morgan fingerprint density at radius 2 is 1.88 bits per heavy atom. The van der Waals surface area contributed by atoms with Gasteiger partial charge in [-0.1, -0.05) is 25.5 Å². The molecule has 0 fully saturated rings. The molecule has 0 aromatic heterocycles. The Bertz CT molecular complexity index is 68.5. The van der Waals surface area contributed by atoms with Gasteiger partial charge in [-0.05, 0) is 12.8 Å². The van der Waals surface area contributed by atoms with E-state index in [-0.39, 0.29) is 6.61 Å². The van der Waals surface area contributed by atoms with Gasteiger partial charge in [-0.3, -0.25) is 0 Å². The third-order valence-corrected chi connectivity index (χ3v) is 1.29. The summed E-state index contributed by atoms with van der Waals surface area (Å²) < 4.78 is 0. The van der Waals surface area contributed by atoms with E-state index in [0.29, 0.717) is 0 Å². The number of aliphatic hydroxyl groups excluding tert-OH is 1. The third kappa shape index (κ3) is 2.80. The van der Waals surface area contributed by atoms with Crippen LogP contribution in [0, 0.1) is 0 Å². The predicted molar refractivity (Wildman–Crippen MR) is 35.8 cm³/mol. The molecule has 0 saturated carbocycles. The van der Waals surface area contributed by atoms with Crippen LogP contribution in [0.1, 0.15) is 26.7 Å². The summed E-state index contributed by atoms with van der Waals surface area (Å²) in [5.74, 6) is 0. The van der Waals surface area contributed by atoms with Crippen LogP contribution in [0.5, 0.6) is 0 Å². The van der Waals surface area contributed by atoms with Crippen molar-refractivity contribution in [1.29, 1.82) is 0 Å². The standard InChI is InChI=1S/C7H14O/c1-3-7(4-2)5-6-8/h5,8H,3-4,6H2,1-2H3. The molecule has 0 saturated heterocycles. The minimum atomic E-state index is 0.191. The molecule has 0 radical (unpaired) electrons. The second-order valence-corrected chi connectivity index (χ2v) is 1.75. The van der Waals surface area contributed by atoms with Crippen LogP contribution < -0.4 is 0 Å². The van der Waals surface area contributed by atoms with Gasteiger partial charge in [0.2, 0.25) is 0 Å². The van der Waals surface area contributed by atoms with Crippen LogP contribution in [-0.2, 0) is 0 Å². The fraction of sp³-hybridized carbons (Fsp3) is 0.714. The van der Waals surface area contributed by atoms with Crippen molar-refractivity contribution in [3.05, 3.63) is 11.6 Å². The molecule has 0 aromatic carbocycles. The largest absolute Gasteiger partial charge is 0.392 e. The van der Waals surface area contributed by atoms with Crippen molar-refractivity contribution in [1.82, 2.24) is 0 Å². The minimum Gasteiger partial charge on any atom is -0.392 e. The van der Waals surface area contributed by atoms with Crippen molar-refractivity contribution in [2.24, 2.45) is 0 Å². The Kier molecular flexibility index (Phi) is 4.67. The van der Waals surface area contributed by atoms with Gasteiger partial charge in [-0.15, -0.1) is 0 Å². The van der Waals surface area contributed by atoms with Gasteiger partial charge in [-0.25, -0.2) is 0 Å². The molecule has 0 aliphatic heterocycles. The molecule has 0 aromatic rings. The summed E-state index contributed by atoms with van der Waals surface area (Å²) in [4.78, 5) is 0. The summed E-state index contributed by atoms with van der Waals surface area (Å²) in [7, 11) is 0. The molecule has 0 bridgehead atoms. The molecule has 1 nitrogen and oxygen atoms in total. The molecule has 0 heterocycles. The van der Waals surface area contributed by atoms with Gasteiger partial charge in [0.25, 0.3) is 0 Å². The molecule has 0 aliphatic rings. The highest BCUT2D eigenvalue weighted by Crippen LogP contribution is 2.03. The summed E-state index contributed by atoms with van der Waals surface area (Å²) in [5, 5.41) is 8.42. The SMILES string of the molecule is CCC(=CCO)CC. The lowest BCUT2D eigenvalue weighted by Crippen LogP contribution is -1.80. The maximum absolute atomic E-state index is 8.42. The summed E-state index contributed by atoms with van der Waals surface area (Å²) >= 11 is 0. The maximum Gasteiger partial charge on any atom is 0.0615 e. The predicted octanol–water partition coefficient (Wildman–Crippen LogP) is 1.73. The van der Waals surface area contributed by atoms with E-state index in [4.69, 9.17) is 5.11 Å². The van der Waals surface area contributed by atoms with Crippen LogP contribution in [0.15, 0.2) is 11.6 Å². The van der Waals surface area contributed by atoms with Crippen LogP contribution >= 0.6 is 0 Å². The molecule has 0 atom stereocenters. The van der Waals surface area contributed by atoms with Crippen molar-refractivity contribution < 1.29 is 5.11 Å². The first kappa shape index (κ1) is 7.70. The molecule has 0 unspecified atom stereocenters. The topological polar surface area (TPSA) is 20.2 Å². The molecule has 0 amide bonds. The van der Waals surface area contributed by atoms with Crippen molar-refractivity contribution in [2.75, 3.05) is 6.61 Å². The molecular formula is C7H14O. The van der Waals surface area contributed by atoms with Crippen molar-refractivity contribution in [2.45, 2.75) is 26.7 Å². The van der Waals surface area contributed by atoms with Crippen LogP contribution in [-0.4, -0.2) is 11.7 Å². The van der Waals surface area contributed by atoms with Gasteiger partial charge in [0.1, 0.15) is 0 Å². The zero-order valence-corrected chi connectivity index (χ0v) is 5.65. The second-order valence-electron chi connectivity index (χ2n) is 1.75. The van der Waals surface area contributed by atoms with E-state index in [1.807, 2.05) is 6.08 Å². The molecule has 0 rings (SSSR count). The average Bonchev–Trinajstić information content (AvgIpc) is 1.83. The Morgan fingerprint density at radius 3 is 2.00 bits per heavy atom. The fourth-order valence-corrected chi connectivity index (χ4v) is 0.668. The highest BCUT2D eigenvalue weighted by atomic mass is 16.2. The summed E-state index contributed by atoms with van der Waals surface area (Å²) in [6.45, 7) is 4.40. The van der Waals surface area contributed by atoms with Crippen molar-refractivity contribution >= 4 is 0 Å². The van der Waals surface area contributed by atoms with Gasteiger partial charge in [0.05, 0.1) is 6.61 Å². The van der Waals surface area contributed by atoms with E-state index in [9.17, 15) is 0 Å².